The highest BCUT2D eigenvalue weighted by molar-refractivity contribution is 7.92. The van der Waals surface area contributed by atoms with E-state index in [1.54, 1.807) is 18.2 Å². The first-order valence-electron chi connectivity index (χ1n) is 12.1. The zero-order valence-corrected chi connectivity index (χ0v) is 21.9. The lowest BCUT2D eigenvalue weighted by atomic mass is 10.1. The fraction of sp³-hybridized carbons (Fsp3) is 0.296. The molecule has 0 radical (unpaired) electrons. The van der Waals surface area contributed by atoms with Crippen LogP contribution in [-0.2, 0) is 16.4 Å². The number of nitrogens with two attached hydrogens (primary N) is 1. The topological polar surface area (TPSA) is 124 Å². The number of sulfone groups is 1. The lowest BCUT2D eigenvalue weighted by Gasteiger charge is -2.12. The van der Waals surface area contributed by atoms with Gasteiger partial charge in [-0.25, -0.2) is 22.8 Å². The van der Waals surface area contributed by atoms with Gasteiger partial charge in [0.15, 0.2) is 27.1 Å². The number of aromatic nitrogens is 3. The Labute approximate surface area is 220 Å². The van der Waals surface area contributed by atoms with E-state index in [1.807, 2.05) is 24.3 Å². The van der Waals surface area contributed by atoms with Crippen LogP contribution in [0, 0.1) is 0 Å². The monoisotopic (exact) mass is 541 g/mol. The van der Waals surface area contributed by atoms with Gasteiger partial charge >= 0.3 is 0 Å². The minimum Gasteiger partial charge on any atom is -0.382 e. The third kappa shape index (κ3) is 6.22. The SMILES string of the molecule is CC(F)CNCc1ccc(-c2cc(-c3nc(-c4ccc(S(=O)(=O)C(C)CCF)cc4)cnc3N)on2)cc1. The summed E-state index contributed by atoms with van der Waals surface area (Å²) < 4.78 is 56.4. The molecule has 11 heteroatoms. The van der Waals surface area contributed by atoms with Gasteiger partial charge < -0.3 is 15.6 Å². The summed E-state index contributed by atoms with van der Waals surface area (Å²) in [5, 5.41) is 6.36. The maximum atomic E-state index is 13.0. The summed E-state index contributed by atoms with van der Waals surface area (Å²) in [6.07, 6.45) is 0.522. The van der Waals surface area contributed by atoms with Crippen LogP contribution in [-0.4, -0.2) is 48.2 Å². The van der Waals surface area contributed by atoms with Crippen molar-refractivity contribution in [2.45, 2.75) is 43.1 Å². The summed E-state index contributed by atoms with van der Waals surface area (Å²) in [5.74, 6) is 0.480. The Bertz CT molecular complexity index is 1470. The van der Waals surface area contributed by atoms with Crippen molar-refractivity contribution in [2.75, 3.05) is 19.0 Å². The normalized spacial score (nSPS) is 13.4. The molecule has 2 heterocycles. The van der Waals surface area contributed by atoms with Crippen LogP contribution < -0.4 is 11.1 Å². The molecular formula is C27H29F2N5O3S. The Kier molecular flexibility index (Phi) is 8.48. The number of nitrogen functional groups attached to an aromatic ring is 1. The van der Waals surface area contributed by atoms with E-state index in [0.717, 1.165) is 11.1 Å². The van der Waals surface area contributed by atoms with Crippen LogP contribution in [0.4, 0.5) is 14.6 Å². The van der Waals surface area contributed by atoms with Gasteiger partial charge in [-0.2, -0.15) is 0 Å². The molecule has 2 aromatic carbocycles. The first kappa shape index (κ1) is 27.3. The van der Waals surface area contributed by atoms with Crippen molar-refractivity contribution in [3.8, 4) is 34.0 Å². The van der Waals surface area contributed by atoms with Crippen LogP contribution in [0.15, 0.2) is 70.2 Å². The van der Waals surface area contributed by atoms with Gasteiger partial charge in [-0.1, -0.05) is 41.6 Å². The molecule has 0 bridgehead atoms. The summed E-state index contributed by atoms with van der Waals surface area (Å²) in [4.78, 5) is 8.92. The molecule has 0 saturated heterocycles. The molecule has 0 saturated carbocycles. The van der Waals surface area contributed by atoms with Gasteiger partial charge in [-0.3, -0.25) is 4.39 Å². The zero-order chi connectivity index (χ0) is 27.3. The Balaban J connectivity index is 1.53. The summed E-state index contributed by atoms with van der Waals surface area (Å²) in [5.41, 5.74) is 9.88. The highest BCUT2D eigenvalue weighted by Crippen LogP contribution is 2.30. The summed E-state index contributed by atoms with van der Waals surface area (Å²) in [7, 11) is -3.63. The van der Waals surface area contributed by atoms with E-state index in [-0.39, 0.29) is 17.1 Å². The Morgan fingerprint density at radius 3 is 2.34 bits per heavy atom. The van der Waals surface area contributed by atoms with Crippen LogP contribution in [0.1, 0.15) is 25.8 Å². The highest BCUT2D eigenvalue weighted by atomic mass is 32.2. The summed E-state index contributed by atoms with van der Waals surface area (Å²) >= 11 is 0. The Morgan fingerprint density at radius 2 is 1.68 bits per heavy atom. The molecule has 0 aliphatic carbocycles. The molecule has 200 valence electrons. The molecule has 2 atom stereocenters. The van der Waals surface area contributed by atoms with Crippen molar-refractivity contribution >= 4 is 15.7 Å². The lowest BCUT2D eigenvalue weighted by Crippen LogP contribution is -2.21. The fourth-order valence-electron chi connectivity index (χ4n) is 3.81. The lowest BCUT2D eigenvalue weighted by molar-refractivity contribution is 0.344. The molecule has 0 amide bonds. The van der Waals surface area contributed by atoms with Crippen molar-refractivity contribution in [3.63, 3.8) is 0 Å². The van der Waals surface area contributed by atoms with Gasteiger partial charge in [0.1, 0.15) is 11.9 Å². The molecule has 8 nitrogen and oxygen atoms in total. The minimum absolute atomic E-state index is 0.0583. The number of anilines is 1. The van der Waals surface area contributed by atoms with Crippen LogP contribution in [0.3, 0.4) is 0 Å². The van der Waals surface area contributed by atoms with Crippen LogP contribution in [0.25, 0.3) is 34.0 Å². The molecule has 3 N–H and O–H groups in total. The standard InChI is InChI=1S/C27H29F2N5O3S/c1-17(29)14-31-15-19-3-5-20(6-4-19)23-13-25(37-34-23)26-27(30)32-16-24(33-26)21-7-9-22(10-8-21)38(35,36)18(2)11-12-28/h3-10,13,16-18,31H,11-12,14-15H2,1-2H3,(H2,30,32). The highest BCUT2D eigenvalue weighted by Gasteiger charge is 2.23. The zero-order valence-electron chi connectivity index (χ0n) is 21.1. The van der Waals surface area contributed by atoms with Crippen molar-refractivity contribution in [1.29, 1.82) is 0 Å². The van der Waals surface area contributed by atoms with E-state index < -0.39 is 27.9 Å². The van der Waals surface area contributed by atoms with Crippen LogP contribution in [0.5, 0.6) is 0 Å². The van der Waals surface area contributed by atoms with E-state index in [9.17, 15) is 17.2 Å². The van der Waals surface area contributed by atoms with Crippen molar-refractivity contribution in [3.05, 3.63) is 66.4 Å². The number of alkyl halides is 2. The predicted octanol–water partition coefficient (Wildman–Crippen LogP) is 5.02. The first-order valence-corrected chi connectivity index (χ1v) is 13.7. The van der Waals surface area contributed by atoms with Gasteiger partial charge in [0.05, 0.1) is 28.7 Å². The predicted molar refractivity (Wildman–Crippen MR) is 142 cm³/mol. The molecule has 2 aromatic heterocycles. The van der Waals surface area contributed by atoms with Gasteiger partial charge in [0, 0.05) is 30.3 Å². The molecular weight excluding hydrogens is 512 g/mol. The van der Waals surface area contributed by atoms with Crippen LogP contribution in [0.2, 0.25) is 0 Å². The van der Waals surface area contributed by atoms with E-state index >= 15 is 0 Å². The number of benzene rings is 2. The van der Waals surface area contributed by atoms with E-state index in [4.69, 9.17) is 10.3 Å². The molecule has 0 spiro atoms. The molecule has 0 aliphatic heterocycles. The number of nitrogens with zero attached hydrogens (tertiary/aromatic N) is 3. The molecule has 38 heavy (non-hydrogen) atoms. The number of rotatable bonds is 11. The average molecular weight is 542 g/mol. The van der Waals surface area contributed by atoms with Crippen molar-refractivity contribution in [2.24, 2.45) is 0 Å². The number of hydrogen-bond acceptors (Lipinski definition) is 8. The number of halogens is 2. The van der Waals surface area contributed by atoms with E-state index in [0.29, 0.717) is 41.5 Å². The third-order valence-electron chi connectivity index (χ3n) is 6.07. The third-order valence-corrected chi connectivity index (χ3v) is 8.30. The summed E-state index contributed by atoms with van der Waals surface area (Å²) in [6.45, 7) is 3.15. The van der Waals surface area contributed by atoms with Crippen LogP contribution >= 0.6 is 0 Å². The van der Waals surface area contributed by atoms with Gasteiger partial charge in [0.2, 0.25) is 0 Å². The summed E-state index contributed by atoms with van der Waals surface area (Å²) in [6, 6.07) is 15.5. The second kappa shape index (κ2) is 11.8. The second-order valence-electron chi connectivity index (χ2n) is 9.03. The van der Waals surface area contributed by atoms with Gasteiger partial charge in [0.25, 0.3) is 0 Å². The maximum absolute atomic E-state index is 13.0. The fourth-order valence-corrected chi connectivity index (χ4v) is 5.19. The minimum atomic E-state index is -3.63. The van der Waals surface area contributed by atoms with Gasteiger partial charge in [-0.15, -0.1) is 0 Å². The quantitative estimate of drug-likeness (QED) is 0.271. The Hall–Kier alpha value is -3.70. The first-order chi connectivity index (χ1) is 18.2. The van der Waals surface area contributed by atoms with Crippen molar-refractivity contribution < 1.29 is 21.7 Å². The number of nitrogens with one attached hydrogen (secondary N) is 1. The molecule has 2 unspecified atom stereocenters. The second-order valence-corrected chi connectivity index (χ2v) is 11.4. The number of hydrogen-bond donors (Lipinski definition) is 2. The maximum Gasteiger partial charge on any atom is 0.189 e. The molecule has 4 rings (SSSR count). The molecule has 4 aromatic rings. The van der Waals surface area contributed by atoms with Crippen molar-refractivity contribution in [1.82, 2.24) is 20.4 Å². The molecule has 0 aliphatic rings. The molecule has 0 fully saturated rings. The van der Waals surface area contributed by atoms with E-state index in [2.05, 4.69) is 20.4 Å². The van der Waals surface area contributed by atoms with Gasteiger partial charge in [-0.05, 0) is 38.0 Å². The average Bonchev–Trinajstić information content (AvgIpc) is 3.39. The van der Waals surface area contributed by atoms with E-state index in [1.165, 1.54) is 32.2 Å². The Morgan fingerprint density at radius 1 is 1.03 bits per heavy atom. The smallest absolute Gasteiger partial charge is 0.189 e. The largest absolute Gasteiger partial charge is 0.382 e.